The molecule has 188 valence electrons. The third kappa shape index (κ3) is 3.74. The van der Waals surface area contributed by atoms with E-state index in [1.165, 1.54) is 0 Å². The summed E-state index contributed by atoms with van der Waals surface area (Å²) in [4.78, 5) is 35.2. The van der Waals surface area contributed by atoms with E-state index >= 15 is 0 Å². The number of halogens is 1. The Morgan fingerprint density at radius 2 is 1.50 bits per heavy atom. The molecule has 7 atom stereocenters. The first-order valence-electron chi connectivity index (χ1n) is 13.1. The average molecular weight is 507 g/mol. The molecule has 36 heavy (non-hydrogen) atoms. The number of carbonyl (C=O) groups excluding carboxylic acids is 2. The van der Waals surface area contributed by atoms with Crippen molar-refractivity contribution < 1.29 is 9.59 Å². The fraction of sp³-hybridized carbons (Fsp3) is 0.519. The highest BCUT2D eigenvalue weighted by Gasteiger charge is 2.59. The summed E-state index contributed by atoms with van der Waals surface area (Å²) < 4.78 is 0. The summed E-state index contributed by atoms with van der Waals surface area (Å²) in [5.74, 6) is 2.62. The predicted octanol–water partition coefficient (Wildman–Crippen LogP) is 2.33. The van der Waals surface area contributed by atoms with Crippen LogP contribution in [0.25, 0.3) is 11.3 Å². The number of nitrogens with one attached hydrogen (secondary N) is 3. The monoisotopic (exact) mass is 506 g/mol. The van der Waals surface area contributed by atoms with E-state index in [0.29, 0.717) is 52.2 Å². The van der Waals surface area contributed by atoms with Crippen LogP contribution in [0, 0.1) is 29.6 Å². The van der Waals surface area contributed by atoms with Gasteiger partial charge in [0.05, 0.1) is 11.3 Å². The predicted molar refractivity (Wildman–Crippen MR) is 135 cm³/mol. The number of fused-ring (bicyclic) bond motifs is 5. The summed E-state index contributed by atoms with van der Waals surface area (Å²) >= 11 is 5.98. The maximum atomic E-state index is 13.3. The summed E-state index contributed by atoms with van der Waals surface area (Å²) in [5.41, 5.74) is 12.0. The molecule has 2 amide bonds. The minimum atomic E-state index is 0.0635. The van der Waals surface area contributed by atoms with Crippen molar-refractivity contribution in [3.05, 3.63) is 53.2 Å². The van der Waals surface area contributed by atoms with E-state index in [1.54, 1.807) is 6.20 Å². The molecule has 2 saturated carbocycles. The van der Waals surface area contributed by atoms with Crippen molar-refractivity contribution in [1.82, 2.24) is 31.2 Å². The van der Waals surface area contributed by atoms with Crippen LogP contribution < -0.4 is 16.4 Å². The fourth-order valence-corrected chi connectivity index (χ4v) is 7.55. The highest BCUT2D eigenvalue weighted by Crippen LogP contribution is 2.54. The molecule has 9 heteroatoms. The highest BCUT2D eigenvalue weighted by molar-refractivity contribution is 6.30. The lowest BCUT2D eigenvalue weighted by Crippen LogP contribution is -2.45. The van der Waals surface area contributed by atoms with Gasteiger partial charge >= 0.3 is 0 Å². The van der Waals surface area contributed by atoms with E-state index in [2.05, 4.69) is 26.3 Å². The number of hydrogen-bond acceptors (Lipinski definition) is 6. The minimum Gasteiger partial charge on any atom is -0.342 e. The Morgan fingerprint density at radius 1 is 0.833 bits per heavy atom. The summed E-state index contributed by atoms with van der Waals surface area (Å²) in [5, 5.41) is 0.690. The Bertz CT molecular complexity index is 1150. The van der Waals surface area contributed by atoms with Gasteiger partial charge in [-0.15, -0.1) is 0 Å². The normalized spacial score (nSPS) is 34.6. The summed E-state index contributed by atoms with van der Waals surface area (Å²) in [6.45, 7) is 3.30. The number of pyridine rings is 1. The molecule has 3 unspecified atom stereocenters. The van der Waals surface area contributed by atoms with E-state index in [-0.39, 0.29) is 11.8 Å². The molecule has 5 fully saturated rings. The number of likely N-dealkylation sites (tertiary alicyclic amines) is 2. The maximum absolute atomic E-state index is 13.3. The van der Waals surface area contributed by atoms with Gasteiger partial charge in [0.25, 0.3) is 5.91 Å². The molecule has 4 heterocycles. The summed E-state index contributed by atoms with van der Waals surface area (Å²) in [6.07, 6.45) is 4.57. The van der Waals surface area contributed by atoms with Crippen LogP contribution in [0.5, 0.6) is 0 Å². The van der Waals surface area contributed by atoms with Gasteiger partial charge in [-0.1, -0.05) is 23.7 Å². The van der Waals surface area contributed by atoms with E-state index < -0.39 is 0 Å². The van der Waals surface area contributed by atoms with E-state index in [1.807, 2.05) is 41.3 Å². The van der Waals surface area contributed by atoms with E-state index in [9.17, 15) is 9.59 Å². The van der Waals surface area contributed by atoms with Crippen molar-refractivity contribution in [3.63, 3.8) is 0 Å². The van der Waals surface area contributed by atoms with Crippen LogP contribution in [0.3, 0.4) is 0 Å². The van der Waals surface area contributed by atoms with Gasteiger partial charge in [0.2, 0.25) is 5.91 Å². The van der Waals surface area contributed by atoms with Crippen LogP contribution in [-0.4, -0.2) is 64.9 Å². The first-order chi connectivity index (χ1) is 17.5. The van der Waals surface area contributed by atoms with Crippen molar-refractivity contribution in [1.29, 1.82) is 0 Å². The molecule has 1 aromatic heterocycles. The Morgan fingerprint density at radius 3 is 2.17 bits per heavy atom. The minimum absolute atomic E-state index is 0.0635. The Kier molecular flexibility index (Phi) is 5.54. The summed E-state index contributed by atoms with van der Waals surface area (Å²) in [6, 6.07) is 12.1. The molecular weight excluding hydrogens is 476 g/mol. The average Bonchev–Trinajstić information content (AvgIpc) is 3.62. The quantitative estimate of drug-likeness (QED) is 0.592. The Labute approximate surface area is 215 Å². The van der Waals surface area contributed by atoms with Crippen molar-refractivity contribution in [2.24, 2.45) is 29.6 Å². The van der Waals surface area contributed by atoms with Gasteiger partial charge in [-0.25, -0.2) is 10.9 Å². The molecule has 3 aliphatic heterocycles. The topological polar surface area (TPSA) is 89.6 Å². The Hall–Kier alpha value is -2.52. The Balaban J connectivity index is 0.959. The first-order valence-corrected chi connectivity index (χ1v) is 13.5. The molecule has 7 rings (SSSR count). The number of benzene rings is 1. The number of hydrazine groups is 2. The second-order valence-electron chi connectivity index (χ2n) is 11.2. The van der Waals surface area contributed by atoms with Gasteiger partial charge in [-0.3, -0.25) is 14.6 Å². The standard InChI is InChI=1S/C27H31ClN6O2/c28-18-5-1-15(2-6-18)23-7-4-17(10-29-23)27(36)34-13-21-19-11-33(12-20(19)22(21)14-34)26(35)16-3-8-24-25(9-16)31-32-30-24/h1-2,4-7,10,16,19-22,24-25,30-32H,3,8-9,11-14H2/t16?,19-,20+,21+,22-,24?,25?. The van der Waals surface area contributed by atoms with Crippen molar-refractivity contribution in [3.8, 4) is 11.3 Å². The van der Waals surface area contributed by atoms with Gasteiger partial charge in [0.15, 0.2) is 0 Å². The number of amides is 2. The number of carbonyl (C=O) groups is 2. The molecule has 1 aromatic carbocycles. The molecule has 2 aliphatic carbocycles. The number of nitrogens with zero attached hydrogens (tertiary/aromatic N) is 3. The van der Waals surface area contributed by atoms with Crippen LogP contribution in [-0.2, 0) is 4.79 Å². The molecule has 3 N–H and O–H groups in total. The molecule has 0 spiro atoms. The summed E-state index contributed by atoms with van der Waals surface area (Å²) in [7, 11) is 0. The van der Waals surface area contributed by atoms with Crippen molar-refractivity contribution in [2.45, 2.75) is 31.3 Å². The lowest BCUT2D eigenvalue weighted by Gasteiger charge is -2.42. The van der Waals surface area contributed by atoms with Crippen LogP contribution in [0.1, 0.15) is 29.6 Å². The van der Waals surface area contributed by atoms with Gasteiger partial charge in [-0.2, -0.15) is 5.53 Å². The zero-order valence-electron chi connectivity index (χ0n) is 20.1. The lowest BCUT2D eigenvalue weighted by molar-refractivity contribution is -0.136. The highest BCUT2D eigenvalue weighted by atomic mass is 35.5. The van der Waals surface area contributed by atoms with Crippen LogP contribution in [0.2, 0.25) is 5.02 Å². The molecule has 8 nitrogen and oxygen atoms in total. The second-order valence-corrected chi connectivity index (χ2v) is 11.6. The van der Waals surface area contributed by atoms with Crippen LogP contribution >= 0.6 is 11.6 Å². The number of aromatic nitrogens is 1. The lowest BCUT2D eigenvalue weighted by atomic mass is 9.60. The maximum Gasteiger partial charge on any atom is 0.255 e. The fourth-order valence-electron chi connectivity index (χ4n) is 7.43. The zero-order valence-corrected chi connectivity index (χ0v) is 20.8. The zero-order chi connectivity index (χ0) is 24.4. The van der Waals surface area contributed by atoms with Gasteiger partial charge < -0.3 is 9.80 Å². The van der Waals surface area contributed by atoms with E-state index in [0.717, 1.165) is 56.7 Å². The largest absolute Gasteiger partial charge is 0.342 e. The molecule has 3 saturated heterocycles. The van der Waals surface area contributed by atoms with Crippen molar-refractivity contribution in [2.75, 3.05) is 26.2 Å². The number of rotatable bonds is 3. The van der Waals surface area contributed by atoms with Gasteiger partial charge in [-0.05, 0) is 67.2 Å². The number of hydrogen-bond donors (Lipinski definition) is 3. The molecule has 0 bridgehead atoms. The van der Waals surface area contributed by atoms with Gasteiger partial charge in [0.1, 0.15) is 0 Å². The molecule has 2 aromatic rings. The third-order valence-corrected chi connectivity index (χ3v) is 9.64. The van der Waals surface area contributed by atoms with Gasteiger partial charge in [0, 0.05) is 61.0 Å². The van der Waals surface area contributed by atoms with E-state index in [4.69, 9.17) is 11.6 Å². The molecular formula is C27H31ClN6O2. The smallest absolute Gasteiger partial charge is 0.255 e. The van der Waals surface area contributed by atoms with Crippen molar-refractivity contribution >= 4 is 23.4 Å². The third-order valence-electron chi connectivity index (χ3n) is 9.39. The second kappa shape index (κ2) is 8.80. The first kappa shape index (κ1) is 22.7. The van der Waals surface area contributed by atoms with Crippen LogP contribution in [0.15, 0.2) is 42.6 Å². The molecule has 5 aliphatic rings. The SMILES string of the molecule is O=C(c1ccc(-c2ccc(Cl)cc2)nc1)N1C[C@@H]2[C@H](C1)[C@H]1CN(C(=O)C3CCC4NNNC4C3)C[C@@H]21. The molecule has 0 radical (unpaired) electrons. The van der Waals surface area contributed by atoms with Crippen LogP contribution in [0.4, 0.5) is 0 Å².